The van der Waals surface area contributed by atoms with E-state index in [2.05, 4.69) is 20.5 Å². The molecule has 1 N–H and O–H groups in total. The summed E-state index contributed by atoms with van der Waals surface area (Å²) in [6.07, 6.45) is 1.69. The highest BCUT2D eigenvalue weighted by atomic mass is 35.5. The van der Waals surface area contributed by atoms with E-state index in [1.165, 1.54) is 23.5 Å². The lowest BCUT2D eigenvalue weighted by atomic mass is 10.3. The van der Waals surface area contributed by atoms with Crippen LogP contribution in [0.3, 0.4) is 0 Å². The van der Waals surface area contributed by atoms with Gasteiger partial charge in [-0.2, -0.15) is 4.31 Å². The fraction of sp³-hybridized carbons (Fsp3) is 0.250. The van der Waals surface area contributed by atoms with E-state index in [0.29, 0.717) is 49.4 Å². The van der Waals surface area contributed by atoms with Crippen molar-refractivity contribution in [2.45, 2.75) is 4.90 Å². The van der Waals surface area contributed by atoms with Crippen molar-refractivity contribution in [2.75, 3.05) is 43.5 Å². The number of anilines is 3. The summed E-state index contributed by atoms with van der Waals surface area (Å²) in [6, 6.07) is 13.7. The maximum absolute atomic E-state index is 13.0. The molecule has 0 bridgehead atoms. The Balaban J connectivity index is 1.39. The van der Waals surface area contributed by atoms with Gasteiger partial charge in [0.05, 0.1) is 17.0 Å². The van der Waals surface area contributed by atoms with Gasteiger partial charge in [0, 0.05) is 32.4 Å². The molecule has 1 fully saturated rings. The Bertz CT molecular complexity index is 1140. The van der Waals surface area contributed by atoms with E-state index in [4.69, 9.17) is 16.3 Å². The molecular weight excluding hydrogens is 440 g/mol. The number of halogens is 1. The van der Waals surface area contributed by atoms with E-state index in [0.717, 1.165) is 0 Å². The Morgan fingerprint density at radius 2 is 1.81 bits per heavy atom. The topological polar surface area (TPSA) is 101 Å². The first-order valence-corrected chi connectivity index (χ1v) is 11.4. The van der Waals surface area contributed by atoms with Crippen LogP contribution in [0.1, 0.15) is 0 Å². The van der Waals surface area contributed by atoms with E-state index in [1.807, 2.05) is 35.2 Å². The van der Waals surface area contributed by atoms with Gasteiger partial charge in [-0.25, -0.2) is 13.4 Å². The van der Waals surface area contributed by atoms with Crippen molar-refractivity contribution in [3.05, 3.63) is 59.8 Å². The summed E-state index contributed by atoms with van der Waals surface area (Å²) in [5, 5.41) is 11.8. The molecule has 0 aliphatic carbocycles. The number of methoxy groups -OCH3 is 1. The summed E-state index contributed by atoms with van der Waals surface area (Å²) in [6.45, 7) is 1.68. The van der Waals surface area contributed by atoms with Crippen molar-refractivity contribution in [3.63, 3.8) is 0 Å². The first-order valence-electron chi connectivity index (χ1n) is 9.58. The quantitative estimate of drug-likeness (QED) is 0.599. The third-order valence-corrected chi connectivity index (χ3v) is 7.09. The largest absolute Gasteiger partial charge is 0.495 e. The zero-order valence-corrected chi connectivity index (χ0v) is 18.3. The van der Waals surface area contributed by atoms with E-state index < -0.39 is 10.0 Å². The highest BCUT2D eigenvalue weighted by Crippen LogP contribution is 2.29. The monoisotopic (exact) mass is 460 g/mol. The second kappa shape index (κ2) is 9.04. The number of nitrogens with zero attached hydrogens (tertiary/aromatic N) is 5. The van der Waals surface area contributed by atoms with Crippen LogP contribution in [0.15, 0.2) is 59.6 Å². The average Bonchev–Trinajstić information content (AvgIpc) is 2.80. The average molecular weight is 461 g/mol. The number of rotatable bonds is 6. The van der Waals surface area contributed by atoms with Crippen molar-refractivity contribution < 1.29 is 13.2 Å². The summed E-state index contributed by atoms with van der Waals surface area (Å²) in [7, 11) is -2.16. The van der Waals surface area contributed by atoms with Gasteiger partial charge in [-0.3, -0.25) is 0 Å². The molecule has 11 heteroatoms. The Labute approximate surface area is 185 Å². The lowest BCUT2D eigenvalue weighted by molar-refractivity contribution is 0.383. The maximum atomic E-state index is 13.0. The van der Waals surface area contributed by atoms with Gasteiger partial charge in [0.15, 0.2) is 11.6 Å². The van der Waals surface area contributed by atoms with E-state index in [1.54, 1.807) is 12.3 Å². The number of benzene rings is 1. The normalized spacial score (nSPS) is 15.0. The SMILES string of the molecule is COc1ccc(S(=O)(=O)N2CCN(c3ccc(Nc4ccccn4)nn3)CC2)cc1Cl. The van der Waals surface area contributed by atoms with Gasteiger partial charge >= 0.3 is 0 Å². The van der Waals surface area contributed by atoms with Crippen LogP contribution >= 0.6 is 11.6 Å². The molecule has 0 amide bonds. The Kier molecular flexibility index (Phi) is 6.21. The van der Waals surface area contributed by atoms with Crippen LogP contribution in [0.25, 0.3) is 0 Å². The Morgan fingerprint density at radius 3 is 2.42 bits per heavy atom. The predicted molar refractivity (Wildman–Crippen MR) is 119 cm³/mol. The molecule has 162 valence electrons. The van der Waals surface area contributed by atoms with Gasteiger partial charge in [-0.1, -0.05) is 17.7 Å². The number of aromatic nitrogens is 3. The summed E-state index contributed by atoms with van der Waals surface area (Å²) in [5.74, 6) is 2.39. The number of hydrogen-bond donors (Lipinski definition) is 1. The second-order valence-corrected chi connectivity index (χ2v) is 9.15. The summed E-state index contributed by atoms with van der Waals surface area (Å²) < 4.78 is 32.5. The minimum atomic E-state index is -3.64. The van der Waals surface area contributed by atoms with Crippen molar-refractivity contribution in [2.24, 2.45) is 0 Å². The molecule has 1 saturated heterocycles. The van der Waals surface area contributed by atoms with Gasteiger partial charge in [0.25, 0.3) is 0 Å². The van der Waals surface area contributed by atoms with Crippen LogP contribution in [0.5, 0.6) is 5.75 Å². The van der Waals surface area contributed by atoms with Gasteiger partial charge in [-0.05, 0) is 42.5 Å². The van der Waals surface area contributed by atoms with E-state index in [-0.39, 0.29) is 9.92 Å². The molecule has 9 nitrogen and oxygen atoms in total. The smallest absolute Gasteiger partial charge is 0.243 e. The molecule has 1 aliphatic heterocycles. The molecule has 31 heavy (non-hydrogen) atoms. The highest BCUT2D eigenvalue weighted by molar-refractivity contribution is 7.89. The molecule has 0 spiro atoms. The number of pyridine rings is 1. The summed E-state index contributed by atoms with van der Waals surface area (Å²) in [4.78, 5) is 6.34. The molecule has 0 saturated carbocycles. The number of hydrogen-bond acceptors (Lipinski definition) is 8. The molecule has 0 unspecified atom stereocenters. The molecule has 1 aromatic carbocycles. The molecule has 2 aromatic heterocycles. The van der Waals surface area contributed by atoms with E-state index >= 15 is 0 Å². The predicted octanol–water partition coefficient (Wildman–Crippen LogP) is 2.79. The van der Waals surface area contributed by atoms with Crippen LogP contribution in [-0.2, 0) is 10.0 Å². The number of ether oxygens (including phenoxy) is 1. The fourth-order valence-electron chi connectivity index (χ4n) is 3.24. The van der Waals surface area contributed by atoms with Gasteiger partial charge < -0.3 is 15.0 Å². The van der Waals surface area contributed by atoms with Crippen molar-refractivity contribution >= 4 is 39.1 Å². The molecule has 0 radical (unpaired) electrons. The Hall–Kier alpha value is -2.95. The zero-order chi connectivity index (χ0) is 21.8. The third-order valence-electron chi connectivity index (χ3n) is 4.90. The van der Waals surface area contributed by atoms with Crippen molar-refractivity contribution in [1.29, 1.82) is 0 Å². The first kappa shape index (κ1) is 21.3. The lowest BCUT2D eigenvalue weighted by Gasteiger charge is -2.34. The maximum Gasteiger partial charge on any atom is 0.243 e. The van der Waals surface area contributed by atoms with Gasteiger partial charge in [-0.15, -0.1) is 10.2 Å². The van der Waals surface area contributed by atoms with Gasteiger partial charge in [0.1, 0.15) is 11.6 Å². The zero-order valence-electron chi connectivity index (χ0n) is 16.8. The molecule has 4 rings (SSSR count). The van der Waals surface area contributed by atoms with Crippen LogP contribution in [0.4, 0.5) is 17.5 Å². The molecule has 0 atom stereocenters. The van der Waals surface area contributed by atoms with Gasteiger partial charge in [0.2, 0.25) is 10.0 Å². The van der Waals surface area contributed by atoms with Crippen LogP contribution in [-0.4, -0.2) is 61.2 Å². The number of piperazine rings is 1. The second-order valence-electron chi connectivity index (χ2n) is 6.80. The minimum absolute atomic E-state index is 0.150. The fourth-order valence-corrected chi connectivity index (χ4v) is 5.01. The highest BCUT2D eigenvalue weighted by Gasteiger charge is 2.29. The van der Waals surface area contributed by atoms with Crippen LogP contribution in [0.2, 0.25) is 5.02 Å². The molecule has 3 aromatic rings. The number of sulfonamides is 1. The minimum Gasteiger partial charge on any atom is -0.495 e. The number of nitrogens with one attached hydrogen (secondary N) is 1. The summed E-state index contributed by atoms with van der Waals surface area (Å²) in [5.41, 5.74) is 0. The molecular formula is C20H21ClN6O3S. The van der Waals surface area contributed by atoms with E-state index in [9.17, 15) is 8.42 Å². The molecule has 3 heterocycles. The standard InChI is InChI=1S/C20H21ClN6O3S/c1-30-17-6-5-15(14-16(17)21)31(28,29)27-12-10-26(11-13-27)20-8-7-19(24-25-20)23-18-4-2-3-9-22-18/h2-9,14H,10-13H2,1H3,(H,22,23,24). The van der Waals surface area contributed by atoms with Crippen LogP contribution in [0, 0.1) is 0 Å². The third kappa shape index (κ3) is 4.71. The van der Waals surface area contributed by atoms with Crippen LogP contribution < -0.4 is 15.0 Å². The summed E-state index contributed by atoms with van der Waals surface area (Å²) >= 11 is 6.10. The molecule has 1 aliphatic rings. The lowest BCUT2D eigenvalue weighted by Crippen LogP contribution is -2.49. The van der Waals surface area contributed by atoms with Crippen molar-refractivity contribution in [1.82, 2.24) is 19.5 Å². The Morgan fingerprint density at radius 1 is 1.00 bits per heavy atom. The van der Waals surface area contributed by atoms with Crippen molar-refractivity contribution in [3.8, 4) is 5.75 Å². The first-order chi connectivity index (χ1) is 15.0.